The summed E-state index contributed by atoms with van der Waals surface area (Å²) in [7, 11) is 1.13. The Morgan fingerprint density at radius 1 is 1.14 bits per heavy atom. The maximum atomic E-state index is 12.9. The molecule has 1 rings (SSSR count). The van der Waals surface area contributed by atoms with E-state index in [1.54, 1.807) is 0 Å². The van der Waals surface area contributed by atoms with E-state index in [1.807, 2.05) is 13.8 Å². The second-order valence-electron chi connectivity index (χ2n) is 4.99. The van der Waals surface area contributed by atoms with Crippen LogP contribution in [0.3, 0.4) is 0 Å². The van der Waals surface area contributed by atoms with Crippen LogP contribution in [0.25, 0.3) is 0 Å². The first kappa shape index (κ1) is 18.2. The summed E-state index contributed by atoms with van der Waals surface area (Å²) in [4.78, 5) is 12.3. The Morgan fingerprint density at radius 3 is 2.05 bits per heavy atom. The van der Waals surface area contributed by atoms with Crippen LogP contribution in [0.5, 0.6) is 5.75 Å². The van der Waals surface area contributed by atoms with Crippen LogP contribution in [0.4, 0.5) is 27.6 Å². The minimum atomic E-state index is -5.75. The molecule has 3 nitrogen and oxygen atoms in total. The van der Waals surface area contributed by atoms with Crippen LogP contribution in [-0.2, 0) is 4.79 Å². The molecule has 0 spiro atoms. The SMILES string of the molecule is CC(C)Oc1ccc(N(C)C(=O)CC(F)(F)C(F)(F)F)cc1. The smallest absolute Gasteiger partial charge is 0.453 e. The molecule has 0 saturated carbocycles. The molecule has 0 N–H and O–H groups in total. The predicted molar refractivity (Wildman–Crippen MR) is 71.2 cm³/mol. The zero-order valence-electron chi connectivity index (χ0n) is 12.2. The summed E-state index contributed by atoms with van der Waals surface area (Å²) < 4.78 is 67.4. The van der Waals surface area contributed by atoms with Gasteiger partial charge in [-0.25, -0.2) is 0 Å². The molecule has 22 heavy (non-hydrogen) atoms. The molecule has 0 unspecified atom stereocenters. The van der Waals surface area contributed by atoms with E-state index in [0.29, 0.717) is 5.75 Å². The number of carbonyl (C=O) groups excluding carboxylic acids is 1. The predicted octanol–water partition coefficient (Wildman–Crippen LogP) is 4.02. The van der Waals surface area contributed by atoms with Gasteiger partial charge in [0.25, 0.3) is 0 Å². The highest BCUT2D eigenvalue weighted by atomic mass is 19.4. The van der Waals surface area contributed by atoms with Gasteiger partial charge in [0.1, 0.15) is 12.2 Å². The number of alkyl halides is 5. The normalized spacial score (nSPS) is 12.4. The summed E-state index contributed by atoms with van der Waals surface area (Å²) in [5, 5.41) is 0. The number of hydrogen-bond acceptors (Lipinski definition) is 2. The van der Waals surface area contributed by atoms with Gasteiger partial charge in [-0.05, 0) is 38.1 Å². The van der Waals surface area contributed by atoms with Gasteiger partial charge in [0.15, 0.2) is 0 Å². The Morgan fingerprint density at radius 2 is 1.64 bits per heavy atom. The standard InChI is InChI=1S/C14H16F5NO2/c1-9(2)22-11-6-4-10(5-7-11)20(3)12(21)8-13(15,16)14(17,18)19/h4-7,9H,8H2,1-3H3. The molecule has 0 aromatic heterocycles. The lowest BCUT2D eigenvalue weighted by Crippen LogP contribution is -2.42. The van der Waals surface area contributed by atoms with E-state index in [4.69, 9.17) is 4.74 Å². The zero-order valence-corrected chi connectivity index (χ0v) is 12.2. The molecule has 0 heterocycles. The second-order valence-corrected chi connectivity index (χ2v) is 4.99. The highest BCUT2D eigenvalue weighted by molar-refractivity contribution is 5.93. The van der Waals surface area contributed by atoms with Crippen LogP contribution < -0.4 is 9.64 Å². The number of halogens is 5. The molecule has 0 saturated heterocycles. The molecule has 0 bridgehead atoms. The maximum Gasteiger partial charge on any atom is 0.453 e. The molecule has 0 atom stereocenters. The summed E-state index contributed by atoms with van der Waals surface area (Å²) in [5.41, 5.74) is 0.194. The van der Waals surface area contributed by atoms with E-state index in [2.05, 4.69) is 0 Å². The van der Waals surface area contributed by atoms with Crippen LogP contribution >= 0.6 is 0 Å². The van der Waals surface area contributed by atoms with Gasteiger partial charge < -0.3 is 9.64 Å². The average molecular weight is 325 g/mol. The number of carbonyl (C=O) groups is 1. The lowest BCUT2D eigenvalue weighted by molar-refractivity contribution is -0.281. The van der Waals surface area contributed by atoms with Gasteiger partial charge in [-0.15, -0.1) is 0 Å². The van der Waals surface area contributed by atoms with Crippen LogP contribution in [0, 0.1) is 0 Å². The van der Waals surface area contributed by atoms with Gasteiger partial charge in [-0.3, -0.25) is 4.79 Å². The van der Waals surface area contributed by atoms with Crippen molar-refractivity contribution in [3.05, 3.63) is 24.3 Å². The first-order valence-corrected chi connectivity index (χ1v) is 6.42. The summed E-state index contributed by atoms with van der Waals surface area (Å²) in [6.07, 6.45) is -7.76. The topological polar surface area (TPSA) is 29.5 Å². The number of ether oxygens (including phenoxy) is 1. The van der Waals surface area contributed by atoms with Crippen LogP contribution in [0.15, 0.2) is 24.3 Å². The van der Waals surface area contributed by atoms with E-state index in [1.165, 1.54) is 24.3 Å². The number of rotatable bonds is 5. The van der Waals surface area contributed by atoms with E-state index in [9.17, 15) is 26.7 Å². The lowest BCUT2D eigenvalue weighted by atomic mass is 10.2. The van der Waals surface area contributed by atoms with Crippen molar-refractivity contribution < 1.29 is 31.5 Å². The number of hydrogen-bond donors (Lipinski definition) is 0. The van der Waals surface area contributed by atoms with Crippen molar-refractivity contribution >= 4 is 11.6 Å². The molecule has 124 valence electrons. The van der Waals surface area contributed by atoms with Crippen molar-refractivity contribution in [3.63, 3.8) is 0 Å². The number of benzene rings is 1. The largest absolute Gasteiger partial charge is 0.491 e. The van der Waals surface area contributed by atoms with Gasteiger partial charge in [0.2, 0.25) is 5.91 Å². The molecule has 0 radical (unpaired) electrons. The van der Waals surface area contributed by atoms with E-state index in [-0.39, 0.29) is 11.8 Å². The fourth-order valence-electron chi connectivity index (χ4n) is 1.57. The molecule has 0 aliphatic heterocycles. The molecule has 1 amide bonds. The summed E-state index contributed by atoms with van der Waals surface area (Å²) in [5.74, 6) is -5.89. The summed E-state index contributed by atoms with van der Waals surface area (Å²) in [6.45, 7) is 3.62. The van der Waals surface area contributed by atoms with Crippen molar-refractivity contribution in [2.24, 2.45) is 0 Å². The van der Waals surface area contributed by atoms with Crippen molar-refractivity contribution in [3.8, 4) is 5.75 Å². The molecule has 0 fully saturated rings. The van der Waals surface area contributed by atoms with Crippen LogP contribution in [0.2, 0.25) is 0 Å². The van der Waals surface area contributed by atoms with Gasteiger partial charge in [-0.2, -0.15) is 22.0 Å². The fraction of sp³-hybridized carbons (Fsp3) is 0.500. The number of nitrogens with zero attached hydrogens (tertiary/aromatic N) is 1. The first-order valence-electron chi connectivity index (χ1n) is 6.42. The monoisotopic (exact) mass is 325 g/mol. The third kappa shape index (κ3) is 4.57. The quantitative estimate of drug-likeness (QED) is 0.765. The lowest BCUT2D eigenvalue weighted by Gasteiger charge is -2.23. The Hall–Kier alpha value is -1.86. The Kier molecular flexibility index (Phi) is 5.37. The highest BCUT2D eigenvalue weighted by Gasteiger charge is 2.58. The second kappa shape index (κ2) is 6.50. The number of amides is 1. The Balaban J connectivity index is 2.79. The maximum absolute atomic E-state index is 12.9. The van der Waals surface area contributed by atoms with Crippen molar-refractivity contribution in [2.45, 2.75) is 38.5 Å². The van der Waals surface area contributed by atoms with Gasteiger partial charge in [0, 0.05) is 12.7 Å². The third-order valence-electron chi connectivity index (χ3n) is 2.76. The summed E-state index contributed by atoms with van der Waals surface area (Å²) >= 11 is 0. The first-order chi connectivity index (χ1) is 9.94. The van der Waals surface area contributed by atoms with Gasteiger partial charge >= 0.3 is 12.1 Å². The van der Waals surface area contributed by atoms with Crippen molar-refractivity contribution in [1.29, 1.82) is 0 Å². The van der Waals surface area contributed by atoms with Gasteiger partial charge in [-0.1, -0.05) is 0 Å². The minimum absolute atomic E-state index is 0.0734. The highest BCUT2D eigenvalue weighted by Crippen LogP contribution is 2.38. The molecular weight excluding hydrogens is 309 g/mol. The molecule has 1 aromatic rings. The molecule has 1 aromatic carbocycles. The molecular formula is C14H16F5NO2. The Bertz CT molecular complexity index is 511. The Labute approximate surface area is 124 Å². The molecule has 0 aliphatic carbocycles. The zero-order chi connectivity index (χ0) is 17.1. The van der Waals surface area contributed by atoms with E-state index in [0.717, 1.165) is 11.9 Å². The minimum Gasteiger partial charge on any atom is -0.491 e. The fourth-order valence-corrected chi connectivity index (χ4v) is 1.57. The van der Waals surface area contributed by atoms with Gasteiger partial charge in [0.05, 0.1) is 6.10 Å². The molecule has 0 aliphatic rings. The van der Waals surface area contributed by atoms with Crippen LogP contribution in [-0.4, -0.2) is 31.2 Å². The van der Waals surface area contributed by atoms with Crippen molar-refractivity contribution in [1.82, 2.24) is 0 Å². The van der Waals surface area contributed by atoms with E-state index < -0.39 is 24.4 Å². The average Bonchev–Trinajstić information content (AvgIpc) is 2.36. The van der Waals surface area contributed by atoms with Crippen molar-refractivity contribution in [2.75, 3.05) is 11.9 Å². The summed E-state index contributed by atoms with van der Waals surface area (Å²) in [6, 6.07) is 5.81. The third-order valence-corrected chi connectivity index (χ3v) is 2.76. The number of anilines is 1. The van der Waals surface area contributed by atoms with Crippen LogP contribution in [0.1, 0.15) is 20.3 Å². The molecule has 8 heteroatoms. The van der Waals surface area contributed by atoms with E-state index >= 15 is 0 Å².